The van der Waals surface area contributed by atoms with Gasteiger partial charge in [-0.2, -0.15) is 0 Å². The molecule has 0 aromatic rings. The average Bonchev–Trinajstić information content (AvgIpc) is 3.34. The Hall–Kier alpha value is -0.810. The highest BCUT2D eigenvalue weighted by molar-refractivity contribution is 5.79. The van der Waals surface area contributed by atoms with Crippen LogP contribution in [0.15, 0.2) is 4.99 Å². The normalized spacial score (nSPS) is 20.4. The van der Waals surface area contributed by atoms with Crippen molar-refractivity contribution in [2.75, 3.05) is 46.4 Å². The van der Waals surface area contributed by atoms with Crippen molar-refractivity contribution in [2.45, 2.75) is 58.4 Å². The zero-order valence-corrected chi connectivity index (χ0v) is 15.4. The maximum atomic E-state index is 5.27. The van der Waals surface area contributed by atoms with Crippen molar-refractivity contribution in [1.29, 1.82) is 0 Å². The third kappa shape index (κ3) is 5.96. The van der Waals surface area contributed by atoms with Gasteiger partial charge < -0.3 is 15.4 Å². The molecule has 2 N–H and O–H groups in total. The van der Waals surface area contributed by atoms with Gasteiger partial charge in [-0.05, 0) is 51.0 Å². The second-order valence-corrected chi connectivity index (χ2v) is 7.08. The van der Waals surface area contributed by atoms with E-state index in [9.17, 15) is 0 Å². The van der Waals surface area contributed by atoms with Crippen LogP contribution in [0.4, 0.5) is 0 Å². The molecular formula is C18H36N4O. The van der Waals surface area contributed by atoms with E-state index in [0.717, 1.165) is 57.8 Å². The van der Waals surface area contributed by atoms with Gasteiger partial charge in [0.1, 0.15) is 0 Å². The summed E-state index contributed by atoms with van der Waals surface area (Å²) in [5.41, 5.74) is 0.391. The first-order valence-electron chi connectivity index (χ1n) is 9.48. The first-order chi connectivity index (χ1) is 11.2. The van der Waals surface area contributed by atoms with E-state index >= 15 is 0 Å². The van der Waals surface area contributed by atoms with E-state index in [1.165, 1.54) is 32.1 Å². The van der Waals surface area contributed by atoms with Crippen molar-refractivity contribution in [3.8, 4) is 0 Å². The number of likely N-dealkylation sites (N-methyl/N-ethyl adjacent to an activating group) is 1. The van der Waals surface area contributed by atoms with Gasteiger partial charge in [-0.25, -0.2) is 0 Å². The van der Waals surface area contributed by atoms with Gasteiger partial charge in [-0.15, -0.1) is 0 Å². The predicted molar refractivity (Wildman–Crippen MR) is 97.0 cm³/mol. The first-order valence-corrected chi connectivity index (χ1v) is 9.48. The number of methoxy groups -OCH3 is 1. The Bertz CT molecular complexity index is 364. The Balaban J connectivity index is 1.76. The van der Waals surface area contributed by atoms with Crippen LogP contribution in [0.2, 0.25) is 0 Å². The molecule has 0 aromatic carbocycles. The number of nitrogens with one attached hydrogen (secondary N) is 2. The summed E-state index contributed by atoms with van der Waals surface area (Å²) in [4.78, 5) is 7.44. The second-order valence-electron chi connectivity index (χ2n) is 7.08. The number of hydrogen-bond acceptors (Lipinski definition) is 3. The molecule has 2 aliphatic carbocycles. The molecule has 0 radical (unpaired) electrons. The lowest BCUT2D eigenvalue weighted by molar-refractivity contribution is 0.0778. The lowest BCUT2D eigenvalue weighted by atomic mass is 9.67. The summed E-state index contributed by atoms with van der Waals surface area (Å²) in [5.74, 6) is 0.975. The van der Waals surface area contributed by atoms with Crippen molar-refractivity contribution < 1.29 is 4.74 Å². The number of ether oxygens (including phenoxy) is 1. The summed E-state index contributed by atoms with van der Waals surface area (Å²) < 4.78 is 5.27. The van der Waals surface area contributed by atoms with Crippen LogP contribution in [0.1, 0.15) is 52.4 Å². The highest BCUT2D eigenvalue weighted by atomic mass is 16.5. The lowest BCUT2D eigenvalue weighted by Gasteiger charge is -2.40. The number of aliphatic imine (C=N–C) groups is 1. The monoisotopic (exact) mass is 324 g/mol. The van der Waals surface area contributed by atoms with E-state index in [1.807, 2.05) is 0 Å². The van der Waals surface area contributed by atoms with E-state index in [0.29, 0.717) is 5.41 Å². The van der Waals surface area contributed by atoms with Crippen molar-refractivity contribution in [2.24, 2.45) is 10.4 Å². The molecule has 2 rings (SSSR count). The highest BCUT2D eigenvalue weighted by Gasteiger charge is 2.36. The number of guanidine groups is 1. The van der Waals surface area contributed by atoms with Crippen LogP contribution in [0.5, 0.6) is 0 Å². The second kappa shape index (κ2) is 9.48. The molecule has 0 spiro atoms. The van der Waals surface area contributed by atoms with Crippen LogP contribution in [-0.2, 0) is 4.74 Å². The summed E-state index contributed by atoms with van der Waals surface area (Å²) >= 11 is 0. The van der Waals surface area contributed by atoms with Gasteiger partial charge >= 0.3 is 0 Å². The fraction of sp³-hybridized carbons (Fsp3) is 0.944. The van der Waals surface area contributed by atoms with E-state index in [2.05, 4.69) is 29.4 Å². The topological polar surface area (TPSA) is 48.9 Å². The van der Waals surface area contributed by atoms with Crippen LogP contribution in [0.3, 0.4) is 0 Å². The van der Waals surface area contributed by atoms with Crippen molar-refractivity contribution >= 4 is 5.96 Å². The quantitative estimate of drug-likeness (QED) is 0.452. The molecule has 5 nitrogen and oxygen atoms in total. The van der Waals surface area contributed by atoms with Crippen LogP contribution in [-0.4, -0.2) is 63.3 Å². The minimum absolute atomic E-state index is 0.391. The van der Waals surface area contributed by atoms with Crippen molar-refractivity contribution in [3.05, 3.63) is 0 Å². The Morgan fingerprint density at radius 1 is 1.26 bits per heavy atom. The summed E-state index contributed by atoms with van der Waals surface area (Å²) in [7, 11) is 1.79. The largest absolute Gasteiger partial charge is 0.385 e. The number of hydrogen-bond donors (Lipinski definition) is 2. The summed E-state index contributed by atoms with van der Waals surface area (Å²) in [6.07, 6.45) is 7.83. The zero-order valence-electron chi connectivity index (χ0n) is 15.4. The SMILES string of the molecule is CCNC(=NCC1(CCOC)CCC1)NCCN(CC)C1CC1. The van der Waals surface area contributed by atoms with Gasteiger partial charge in [-0.1, -0.05) is 13.3 Å². The third-order valence-electron chi connectivity index (χ3n) is 5.33. The van der Waals surface area contributed by atoms with Gasteiger partial charge in [-0.3, -0.25) is 9.89 Å². The van der Waals surface area contributed by atoms with Crippen molar-refractivity contribution in [1.82, 2.24) is 15.5 Å². The minimum atomic E-state index is 0.391. The lowest BCUT2D eigenvalue weighted by Crippen LogP contribution is -2.43. The number of nitrogens with zero attached hydrogens (tertiary/aromatic N) is 2. The third-order valence-corrected chi connectivity index (χ3v) is 5.33. The predicted octanol–water partition coefficient (Wildman–Crippen LogP) is 2.23. The molecule has 0 saturated heterocycles. The summed E-state index contributed by atoms with van der Waals surface area (Å²) in [6, 6.07) is 0.841. The van der Waals surface area contributed by atoms with Gasteiger partial charge in [0.25, 0.3) is 0 Å². The summed E-state index contributed by atoms with van der Waals surface area (Å²) in [6.45, 7) is 10.3. The van der Waals surface area contributed by atoms with E-state index in [1.54, 1.807) is 7.11 Å². The minimum Gasteiger partial charge on any atom is -0.385 e. The molecular weight excluding hydrogens is 288 g/mol. The van der Waals surface area contributed by atoms with Crippen LogP contribution in [0.25, 0.3) is 0 Å². The van der Waals surface area contributed by atoms with E-state index in [-0.39, 0.29) is 0 Å². The van der Waals surface area contributed by atoms with Gasteiger partial charge in [0, 0.05) is 45.9 Å². The molecule has 0 heterocycles. The van der Waals surface area contributed by atoms with E-state index in [4.69, 9.17) is 9.73 Å². The molecule has 2 fully saturated rings. The molecule has 5 heteroatoms. The van der Waals surface area contributed by atoms with Crippen molar-refractivity contribution in [3.63, 3.8) is 0 Å². The Labute approximate surface area is 142 Å². The molecule has 2 aliphatic rings. The Morgan fingerprint density at radius 3 is 2.57 bits per heavy atom. The van der Waals surface area contributed by atoms with Gasteiger partial charge in [0.2, 0.25) is 0 Å². The molecule has 0 aliphatic heterocycles. The fourth-order valence-corrected chi connectivity index (χ4v) is 3.43. The van der Waals surface area contributed by atoms with Crippen LogP contribution < -0.4 is 10.6 Å². The van der Waals surface area contributed by atoms with Crippen LogP contribution >= 0.6 is 0 Å². The molecule has 134 valence electrons. The Kier molecular flexibility index (Phi) is 7.63. The van der Waals surface area contributed by atoms with Crippen LogP contribution in [0, 0.1) is 5.41 Å². The first kappa shape index (κ1) is 18.5. The fourth-order valence-electron chi connectivity index (χ4n) is 3.43. The van der Waals surface area contributed by atoms with Gasteiger partial charge in [0.05, 0.1) is 0 Å². The molecule has 2 saturated carbocycles. The molecule has 0 bridgehead atoms. The molecule has 0 atom stereocenters. The smallest absolute Gasteiger partial charge is 0.191 e. The standard InChI is InChI=1S/C18H36N4O/c1-4-19-17(20-12-13-22(5-2)16-7-8-16)21-15-18(9-6-10-18)11-14-23-3/h16H,4-15H2,1-3H3,(H2,19,20,21). The molecule has 23 heavy (non-hydrogen) atoms. The van der Waals surface area contributed by atoms with Gasteiger partial charge in [0.15, 0.2) is 5.96 Å². The molecule has 0 amide bonds. The maximum Gasteiger partial charge on any atom is 0.191 e. The highest BCUT2D eigenvalue weighted by Crippen LogP contribution is 2.44. The summed E-state index contributed by atoms with van der Waals surface area (Å²) in [5, 5.41) is 6.90. The maximum absolute atomic E-state index is 5.27. The molecule has 0 aromatic heterocycles. The Morgan fingerprint density at radius 2 is 2.04 bits per heavy atom. The number of rotatable bonds is 11. The average molecular weight is 325 g/mol. The zero-order chi connectivity index (χ0) is 16.5. The van der Waals surface area contributed by atoms with E-state index < -0.39 is 0 Å². The molecule has 0 unspecified atom stereocenters.